The highest BCUT2D eigenvalue weighted by atomic mass is 16.2. The molecule has 1 aromatic rings. The van der Waals surface area contributed by atoms with Crippen molar-refractivity contribution in [2.45, 2.75) is 12.5 Å². The third-order valence-corrected chi connectivity index (χ3v) is 2.71. The van der Waals surface area contributed by atoms with Gasteiger partial charge in [0.25, 0.3) is 5.91 Å². The molecule has 1 saturated heterocycles. The molecule has 0 unspecified atom stereocenters. The van der Waals surface area contributed by atoms with Crippen molar-refractivity contribution in [1.29, 1.82) is 0 Å². The molecule has 5 N–H and O–H groups in total. The fourth-order valence-corrected chi connectivity index (χ4v) is 1.67. The molecule has 1 heterocycles. The molecule has 1 fully saturated rings. The Balaban J connectivity index is 2.44. The Labute approximate surface area is 92.2 Å². The molecule has 3 amide bonds. The number of nitrogens with two attached hydrogens (primary N) is 2. The first-order valence-electron chi connectivity index (χ1n) is 4.72. The maximum Gasteiger partial charge on any atom is 0.339 e. The third kappa shape index (κ3) is 1.31. The summed E-state index contributed by atoms with van der Waals surface area (Å²) >= 11 is 0. The molecule has 16 heavy (non-hydrogen) atoms. The summed E-state index contributed by atoms with van der Waals surface area (Å²) < 4.78 is 0. The van der Waals surface area contributed by atoms with Crippen LogP contribution in [0.3, 0.4) is 0 Å². The van der Waals surface area contributed by atoms with Crippen molar-refractivity contribution in [2.75, 3.05) is 5.73 Å². The van der Waals surface area contributed by atoms with E-state index in [1.165, 1.54) is 0 Å². The fraction of sp³-hybridized carbons (Fsp3) is 0.200. The zero-order chi connectivity index (χ0) is 11.9. The number of nitrogens with one attached hydrogen (secondary N) is 1. The summed E-state index contributed by atoms with van der Waals surface area (Å²) in [4.78, 5) is 23.1. The summed E-state index contributed by atoms with van der Waals surface area (Å²) in [5.41, 5.74) is 5.68. The van der Waals surface area contributed by atoms with Crippen LogP contribution in [0.1, 0.15) is 12.5 Å². The Bertz CT molecular complexity index is 456. The van der Waals surface area contributed by atoms with Crippen LogP contribution in [0.5, 0.6) is 0 Å². The van der Waals surface area contributed by atoms with Crippen LogP contribution < -0.4 is 16.9 Å². The number of urea groups is 1. The highest BCUT2D eigenvalue weighted by Crippen LogP contribution is 2.27. The molecule has 6 heteroatoms. The molecule has 0 aliphatic carbocycles. The molecule has 0 radical (unpaired) electrons. The molecule has 84 valence electrons. The number of carbonyl (C=O) groups is 2. The van der Waals surface area contributed by atoms with E-state index in [9.17, 15) is 9.59 Å². The second-order valence-corrected chi connectivity index (χ2v) is 3.85. The lowest BCUT2D eigenvalue weighted by atomic mass is 9.92. The zero-order valence-corrected chi connectivity index (χ0v) is 8.73. The van der Waals surface area contributed by atoms with Crippen LogP contribution in [0.25, 0.3) is 0 Å². The lowest BCUT2D eigenvalue weighted by Gasteiger charge is -2.21. The van der Waals surface area contributed by atoms with Gasteiger partial charge in [-0.05, 0) is 24.6 Å². The van der Waals surface area contributed by atoms with Gasteiger partial charge in [-0.1, -0.05) is 12.1 Å². The molecular formula is C10H12N4O2. The van der Waals surface area contributed by atoms with E-state index >= 15 is 0 Å². The first-order chi connectivity index (χ1) is 7.45. The van der Waals surface area contributed by atoms with Gasteiger partial charge in [0.2, 0.25) is 0 Å². The van der Waals surface area contributed by atoms with Crippen LogP contribution in [-0.4, -0.2) is 16.9 Å². The predicted molar refractivity (Wildman–Crippen MR) is 57.8 cm³/mol. The first-order valence-corrected chi connectivity index (χ1v) is 4.72. The van der Waals surface area contributed by atoms with Crippen LogP contribution in [0, 0.1) is 0 Å². The Morgan fingerprint density at radius 2 is 1.81 bits per heavy atom. The summed E-state index contributed by atoms with van der Waals surface area (Å²) in [6, 6.07) is 6.10. The maximum absolute atomic E-state index is 11.8. The van der Waals surface area contributed by atoms with Gasteiger partial charge < -0.3 is 11.1 Å². The zero-order valence-electron chi connectivity index (χ0n) is 8.73. The smallest absolute Gasteiger partial charge is 0.339 e. The number of nitrogen functional groups attached to an aromatic ring is 1. The lowest BCUT2D eigenvalue weighted by Crippen LogP contribution is -2.42. The summed E-state index contributed by atoms with van der Waals surface area (Å²) in [6.07, 6.45) is 0. The fourth-order valence-electron chi connectivity index (χ4n) is 1.67. The van der Waals surface area contributed by atoms with E-state index in [2.05, 4.69) is 5.32 Å². The second-order valence-electron chi connectivity index (χ2n) is 3.85. The van der Waals surface area contributed by atoms with E-state index < -0.39 is 17.5 Å². The Morgan fingerprint density at radius 3 is 2.25 bits per heavy atom. The van der Waals surface area contributed by atoms with Crippen LogP contribution in [0.4, 0.5) is 10.5 Å². The average Bonchev–Trinajstić information content (AvgIpc) is 2.45. The minimum Gasteiger partial charge on any atom is -0.399 e. The molecule has 1 aliphatic heterocycles. The average molecular weight is 220 g/mol. The van der Waals surface area contributed by atoms with Crippen molar-refractivity contribution in [3.8, 4) is 0 Å². The van der Waals surface area contributed by atoms with Gasteiger partial charge in [0.05, 0.1) is 0 Å². The van der Waals surface area contributed by atoms with Gasteiger partial charge in [-0.2, -0.15) is 5.01 Å². The van der Waals surface area contributed by atoms with Gasteiger partial charge in [-0.3, -0.25) is 4.79 Å². The number of carbonyl (C=O) groups excluding carboxylic acids is 2. The van der Waals surface area contributed by atoms with Crippen LogP contribution >= 0.6 is 0 Å². The number of rotatable bonds is 1. The topological polar surface area (TPSA) is 101 Å². The van der Waals surface area contributed by atoms with E-state index in [1.54, 1.807) is 31.2 Å². The minimum atomic E-state index is -1.11. The summed E-state index contributed by atoms with van der Waals surface area (Å²) in [6.45, 7) is 1.60. The van der Waals surface area contributed by atoms with Crippen LogP contribution in [0.2, 0.25) is 0 Å². The van der Waals surface area contributed by atoms with Crippen LogP contribution in [-0.2, 0) is 10.3 Å². The molecule has 0 aromatic heterocycles. The number of nitrogens with zero attached hydrogens (tertiary/aromatic N) is 1. The Morgan fingerprint density at radius 1 is 1.25 bits per heavy atom. The van der Waals surface area contributed by atoms with Crippen molar-refractivity contribution >= 4 is 17.6 Å². The van der Waals surface area contributed by atoms with Crippen molar-refractivity contribution in [2.24, 2.45) is 5.84 Å². The largest absolute Gasteiger partial charge is 0.399 e. The van der Waals surface area contributed by atoms with Gasteiger partial charge in [0, 0.05) is 5.69 Å². The number of benzene rings is 1. The second kappa shape index (κ2) is 3.21. The molecule has 6 nitrogen and oxygen atoms in total. The minimum absolute atomic E-state index is 0.484. The van der Waals surface area contributed by atoms with Gasteiger partial charge in [0.15, 0.2) is 0 Å². The third-order valence-electron chi connectivity index (χ3n) is 2.71. The number of hydrogen-bond donors (Lipinski definition) is 3. The lowest BCUT2D eigenvalue weighted by molar-refractivity contribution is -0.131. The molecule has 0 saturated carbocycles. The van der Waals surface area contributed by atoms with E-state index in [0.717, 1.165) is 0 Å². The van der Waals surface area contributed by atoms with Crippen molar-refractivity contribution in [3.63, 3.8) is 0 Å². The Kier molecular flexibility index (Phi) is 2.09. The predicted octanol–water partition coefficient (Wildman–Crippen LogP) is -0.0905. The standard InChI is InChI=1S/C10H12N4O2/c1-10(6-2-4-7(11)5-3-6)8(15)14(12)9(16)13-10/h2-5H,11-12H2,1H3,(H,13,16)/t10-/m0/s1. The van der Waals surface area contributed by atoms with Crippen molar-refractivity contribution in [1.82, 2.24) is 10.3 Å². The van der Waals surface area contributed by atoms with Gasteiger partial charge in [-0.15, -0.1) is 0 Å². The molecule has 1 atom stereocenters. The van der Waals surface area contributed by atoms with Crippen molar-refractivity contribution in [3.05, 3.63) is 29.8 Å². The molecule has 1 aromatic carbocycles. The number of amides is 3. The number of imide groups is 1. The van der Waals surface area contributed by atoms with E-state index in [-0.39, 0.29) is 0 Å². The molecule has 2 rings (SSSR count). The summed E-state index contributed by atoms with van der Waals surface area (Å²) in [7, 11) is 0. The van der Waals surface area contributed by atoms with E-state index in [4.69, 9.17) is 11.6 Å². The SMILES string of the molecule is C[C@@]1(c2ccc(N)cc2)NC(=O)N(N)C1=O. The van der Waals surface area contributed by atoms with Gasteiger partial charge in [0.1, 0.15) is 5.54 Å². The highest BCUT2D eigenvalue weighted by Gasteiger charge is 2.47. The van der Waals surface area contributed by atoms with Crippen LogP contribution in [0.15, 0.2) is 24.3 Å². The van der Waals surface area contributed by atoms with Crippen molar-refractivity contribution < 1.29 is 9.59 Å². The van der Waals surface area contributed by atoms with Gasteiger partial charge >= 0.3 is 6.03 Å². The molecular weight excluding hydrogens is 208 g/mol. The van der Waals surface area contributed by atoms with Gasteiger partial charge in [-0.25, -0.2) is 10.6 Å². The monoisotopic (exact) mass is 220 g/mol. The number of hydrazine groups is 1. The Hall–Kier alpha value is -2.08. The maximum atomic E-state index is 11.8. The quantitative estimate of drug-likeness (QED) is 0.266. The summed E-state index contributed by atoms with van der Waals surface area (Å²) in [5, 5.41) is 3.12. The molecule has 0 bridgehead atoms. The summed E-state index contributed by atoms with van der Waals surface area (Å²) in [5.74, 6) is 4.83. The molecule has 0 spiro atoms. The highest BCUT2D eigenvalue weighted by molar-refractivity contribution is 6.06. The first kappa shape index (κ1) is 10.4. The molecule has 1 aliphatic rings. The van der Waals surface area contributed by atoms with E-state index in [0.29, 0.717) is 16.3 Å². The normalized spacial score (nSPS) is 24.8. The number of hydrogen-bond acceptors (Lipinski definition) is 4. The number of anilines is 1. The van der Waals surface area contributed by atoms with E-state index in [1.807, 2.05) is 0 Å².